The molecule has 6 heteroatoms. The number of hydrogen-bond acceptors (Lipinski definition) is 2. The fraction of sp³-hybridized carbons (Fsp3) is 0.0909. The number of carbonyl (C=O) groups is 1. The molecular formula is C11H7BrCl2N2O. The van der Waals surface area contributed by atoms with E-state index in [9.17, 15) is 4.79 Å². The minimum Gasteiger partial charge on any atom is -0.292 e. The largest absolute Gasteiger partial charge is 0.292 e. The molecule has 0 atom stereocenters. The van der Waals surface area contributed by atoms with Crippen molar-refractivity contribution in [3.63, 3.8) is 0 Å². The van der Waals surface area contributed by atoms with Crippen LogP contribution in [0.5, 0.6) is 0 Å². The minimum absolute atomic E-state index is 0.131. The third-order valence-electron chi connectivity index (χ3n) is 2.14. The van der Waals surface area contributed by atoms with Gasteiger partial charge in [-0.15, -0.1) is 0 Å². The summed E-state index contributed by atoms with van der Waals surface area (Å²) in [4.78, 5) is 12.0. The molecule has 88 valence electrons. The summed E-state index contributed by atoms with van der Waals surface area (Å²) < 4.78 is 2.35. The van der Waals surface area contributed by atoms with Crippen molar-refractivity contribution in [3.05, 3.63) is 50.7 Å². The lowest BCUT2D eigenvalue weighted by Crippen LogP contribution is -2.11. The topological polar surface area (TPSA) is 34.9 Å². The number of rotatable bonds is 3. The molecule has 1 aromatic heterocycles. The normalized spacial score (nSPS) is 10.5. The first-order valence-electron chi connectivity index (χ1n) is 4.72. The third-order valence-corrected chi connectivity index (χ3v) is 3.11. The molecule has 0 N–H and O–H groups in total. The second kappa shape index (κ2) is 5.21. The van der Waals surface area contributed by atoms with Crippen LogP contribution < -0.4 is 0 Å². The van der Waals surface area contributed by atoms with Crippen LogP contribution in [0.15, 0.2) is 35.1 Å². The van der Waals surface area contributed by atoms with Gasteiger partial charge in [0.1, 0.15) is 6.54 Å². The molecule has 1 aromatic carbocycles. The van der Waals surface area contributed by atoms with E-state index in [1.165, 1.54) is 4.68 Å². The van der Waals surface area contributed by atoms with Crippen molar-refractivity contribution in [3.8, 4) is 0 Å². The number of benzene rings is 1. The zero-order valence-electron chi connectivity index (χ0n) is 8.53. The van der Waals surface area contributed by atoms with E-state index in [-0.39, 0.29) is 12.3 Å². The molecule has 17 heavy (non-hydrogen) atoms. The van der Waals surface area contributed by atoms with E-state index in [0.717, 1.165) is 4.47 Å². The zero-order chi connectivity index (χ0) is 12.4. The maximum absolute atomic E-state index is 12.0. The number of carbonyl (C=O) groups excluding carboxylic acids is 1. The van der Waals surface area contributed by atoms with Gasteiger partial charge >= 0.3 is 0 Å². The van der Waals surface area contributed by atoms with Crippen molar-refractivity contribution in [2.75, 3.05) is 0 Å². The summed E-state index contributed by atoms with van der Waals surface area (Å²) >= 11 is 15.0. The quantitative estimate of drug-likeness (QED) is 0.800. The summed E-state index contributed by atoms with van der Waals surface area (Å²) in [6.45, 7) is 0.131. The molecule has 2 aromatic rings. The first-order chi connectivity index (χ1) is 8.06. The number of halogens is 3. The molecule has 3 nitrogen and oxygen atoms in total. The van der Waals surface area contributed by atoms with Crippen LogP contribution in [0.25, 0.3) is 0 Å². The van der Waals surface area contributed by atoms with Crippen molar-refractivity contribution in [1.82, 2.24) is 9.78 Å². The second-order valence-corrected chi connectivity index (χ2v) is 5.16. The summed E-state index contributed by atoms with van der Waals surface area (Å²) in [7, 11) is 0. The van der Waals surface area contributed by atoms with Gasteiger partial charge in [-0.2, -0.15) is 5.10 Å². The standard InChI is InChI=1S/C11H7BrCl2N2O/c12-7-4-15-16(5-7)6-11(17)9-3-8(13)1-2-10(9)14/h1-5H,6H2. The molecule has 0 fully saturated rings. The van der Waals surface area contributed by atoms with Gasteiger partial charge in [-0.05, 0) is 34.1 Å². The molecule has 1 heterocycles. The van der Waals surface area contributed by atoms with Crippen LogP contribution >= 0.6 is 39.1 Å². The van der Waals surface area contributed by atoms with Crippen molar-refractivity contribution in [2.24, 2.45) is 0 Å². The van der Waals surface area contributed by atoms with Gasteiger partial charge in [-0.1, -0.05) is 23.2 Å². The van der Waals surface area contributed by atoms with Crippen molar-refractivity contribution in [1.29, 1.82) is 0 Å². The summed E-state index contributed by atoms with van der Waals surface area (Å²) in [5, 5.41) is 4.89. The Kier molecular flexibility index (Phi) is 3.86. The summed E-state index contributed by atoms with van der Waals surface area (Å²) in [6, 6.07) is 4.81. The number of aromatic nitrogens is 2. The Hall–Kier alpha value is -0.840. The van der Waals surface area contributed by atoms with Crippen LogP contribution in [0.2, 0.25) is 10.0 Å². The molecule has 0 aliphatic carbocycles. The molecule has 0 saturated heterocycles. The van der Waals surface area contributed by atoms with E-state index >= 15 is 0 Å². The van der Waals surface area contributed by atoms with Gasteiger partial charge in [-0.3, -0.25) is 9.48 Å². The Labute approximate surface area is 116 Å². The average Bonchev–Trinajstić information content (AvgIpc) is 2.67. The molecule has 0 aliphatic rings. The molecule has 0 spiro atoms. The van der Waals surface area contributed by atoms with Gasteiger partial charge < -0.3 is 0 Å². The highest BCUT2D eigenvalue weighted by atomic mass is 79.9. The van der Waals surface area contributed by atoms with E-state index in [4.69, 9.17) is 23.2 Å². The van der Waals surface area contributed by atoms with Gasteiger partial charge in [-0.25, -0.2) is 0 Å². The highest BCUT2D eigenvalue weighted by Gasteiger charge is 2.12. The maximum Gasteiger partial charge on any atom is 0.185 e. The minimum atomic E-state index is -0.131. The van der Waals surface area contributed by atoms with E-state index in [2.05, 4.69) is 21.0 Å². The fourth-order valence-electron chi connectivity index (χ4n) is 1.37. The van der Waals surface area contributed by atoms with Crippen LogP contribution in [0.3, 0.4) is 0 Å². The Balaban J connectivity index is 2.22. The van der Waals surface area contributed by atoms with E-state index in [0.29, 0.717) is 15.6 Å². The van der Waals surface area contributed by atoms with Gasteiger partial charge in [0.2, 0.25) is 0 Å². The Bertz CT molecular complexity index is 568. The Morgan fingerprint density at radius 2 is 2.18 bits per heavy atom. The summed E-state index contributed by atoms with van der Waals surface area (Å²) in [6.07, 6.45) is 3.34. The van der Waals surface area contributed by atoms with Crippen LogP contribution in [0.4, 0.5) is 0 Å². The van der Waals surface area contributed by atoms with Crippen LogP contribution in [-0.2, 0) is 6.54 Å². The summed E-state index contributed by atoms with van der Waals surface area (Å²) in [5.74, 6) is -0.131. The smallest absolute Gasteiger partial charge is 0.185 e. The zero-order valence-corrected chi connectivity index (χ0v) is 11.6. The van der Waals surface area contributed by atoms with E-state index in [1.54, 1.807) is 30.6 Å². The first kappa shape index (κ1) is 12.6. The number of nitrogens with zero attached hydrogens (tertiary/aromatic N) is 2. The maximum atomic E-state index is 12.0. The lowest BCUT2D eigenvalue weighted by Gasteiger charge is -2.04. The lowest BCUT2D eigenvalue weighted by molar-refractivity contribution is 0.0968. The first-order valence-corrected chi connectivity index (χ1v) is 6.27. The summed E-state index contributed by atoms with van der Waals surface area (Å²) in [5.41, 5.74) is 0.408. The highest BCUT2D eigenvalue weighted by Crippen LogP contribution is 2.21. The van der Waals surface area contributed by atoms with Gasteiger partial charge in [0, 0.05) is 16.8 Å². The molecule has 0 bridgehead atoms. The average molecular weight is 334 g/mol. The van der Waals surface area contributed by atoms with E-state index < -0.39 is 0 Å². The monoisotopic (exact) mass is 332 g/mol. The van der Waals surface area contributed by atoms with Gasteiger partial charge in [0.25, 0.3) is 0 Å². The number of Topliss-reactive ketones (excluding diaryl/α,β-unsaturated/α-hetero) is 1. The molecule has 0 aliphatic heterocycles. The van der Waals surface area contributed by atoms with E-state index in [1.807, 2.05) is 0 Å². The van der Waals surface area contributed by atoms with Crippen LogP contribution in [0, 0.1) is 0 Å². The fourth-order valence-corrected chi connectivity index (χ4v) is 2.09. The molecular weight excluding hydrogens is 327 g/mol. The Morgan fingerprint density at radius 3 is 2.82 bits per heavy atom. The van der Waals surface area contributed by atoms with Crippen molar-refractivity contribution >= 4 is 44.9 Å². The number of hydrogen-bond donors (Lipinski definition) is 0. The molecule has 0 saturated carbocycles. The molecule has 2 rings (SSSR count). The highest BCUT2D eigenvalue weighted by molar-refractivity contribution is 9.10. The molecule has 0 radical (unpaired) electrons. The van der Waals surface area contributed by atoms with Crippen molar-refractivity contribution < 1.29 is 4.79 Å². The second-order valence-electron chi connectivity index (χ2n) is 3.40. The Morgan fingerprint density at radius 1 is 1.41 bits per heavy atom. The SMILES string of the molecule is O=C(Cn1cc(Br)cn1)c1cc(Cl)ccc1Cl. The third kappa shape index (κ3) is 3.09. The molecule has 0 unspecified atom stereocenters. The van der Waals surface area contributed by atoms with Crippen LogP contribution in [-0.4, -0.2) is 15.6 Å². The van der Waals surface area contributed by atoms with Crippen molar-refractivity contribution in [2.45, 2.75) is 6.54 Å². The molecule has 0 amide bonds. The van der Waals surface area contributed by atoms with Gasteiger partial charge in [0.15, 0.2) is 5.78 Å². The van der Waals surface area contributed by atoms with Gasteiger partial charge in [0.05, 0.1) is 15.7 Å². The lowest BCUT2D eigenvalue weighted by atomic mass is 10.1. The number of ketones is 1. The predicted molar refractivity (Wildman–Crippen MR) is 70.7 cm³/mol. The van der Waals surface area contributed by atoms with Crippen LogP contribution in [0.1, 0.15) is 10.4 Å². The predicted octanol–water partition coefficient (Wildman–Crippen LogP) is 3.84.